The third-order valence-corrected chi connectivity index (χ3v) is 5.00. The number of H-pyrrole nitrogens is 1. The highest BCUT2D eigenvalue weighted by Crippen LogP contribution is 2.20. The van der Waals surface area contributed by atoms with Crippen molar-refractivity contribution in [2.75, 3.05) is 33.1 Å². The number of benzene rings is 1. The molecule has 0 fully saturated rings. The lowest BCUT2D eigenvalue weighted by molar-refractivity contribution is -0.885. The Hall–Kier alpha value is -3.13. The molecule has 0 aliphatic carbocycles. The van der Waals surface area contributed by atoms with Gasteiger partial charge in [-0.1, -0.05) is 6.07 Å². The first-order valence-electron chi connectivity index (χ1n) is 9.27. The average molecular weight is 402 g/mol. The van der Waals surface area contributed by atoms with Gasteiger partial charge in [-0.25, -0.2) is 4.79 Å². The molecule has 1 unspecified atom stereocenters. The van der Waals surface area contributed by atoms with Crippen LogP contribution in [0.4, 0.5) is 5.69 Å². The summed E-state index contributed by atoms with van der Waals surface area (Å²) in [6.07, 6.45) is 0. The maximum atomic E-state index is 13.0. The number of methoxy groups -OCH3 is 2. The maximum Gasteiger partial charge on any atom is 0.339 e. The Balaban J connectivity index is 2.07. The minimum Gasteiger partial charge on any atom is -0.497 e. The number of ketones is 1. The number of aryl methyl sites for hydroxylation is 1. The van der Waals surface area contributed by atoms with E-state index >= 15 is 0 Å². The number of nitrogens with one attached hydrogen (secondary N) is 3. The van der Waals surface area contributed by atoms with E-state index in [0.717, 1.165) is 4.90 Å². The Morgan fingerprint density at radius 2 is 1.90 bits per heavy atom. The number of aromatic nitrogens is 1. The van der Waals surface area contributed by atoms with E-state index in [1.54, 1.807) is 59.2 Å². The Bertz CT molecular complexity index is 919. The summed E-state index contributed by atoms with van der Waals surface area (Å²) in [5.74, 6) is -0.232. The number of esters is 1. The molecule has 8 nitrogen and oxygen atoms in total. The van der Waals surface area contributed by atoms with Crippen molar-refractivity contribution >= 4 is 23.3 Å². The van der Waals surface area contributed by atoms with Gasteiger partial charge in [0.15, 0.2) is 12.6 Å². The van der Waals surface area contributed by atoms with Gasteiger partial charge in [0.25, 0.3) is 5.91 Å². The topological polar surface area (TPSA) is 102 Å². The minimum absolute atomic E-state index is 0.104. The number of amides is 1. The van der Waals surface area contributed by atoms with Gasteiger partial charge in [-0.3, -0.25) is 9.59 Å². The maximum absolute atomic E-state index is 13.0. The van der Waals surface area contributed by atoms with Crippen LogP contribution in [0.2, 0.25) is 0 Å². The SMILES string of the molecule is COC(=O)c1c(C)[nH]c(C(=O)[C@H](C)[NH+](C)CC(=O)Nc2cccc(OC)c2)c1C. The molecule has 8 heteroatoms. The number of ether oxygens (including phenoxy) is 2. The van der Waals surface area contributed by atoms with Crippen molar-refractivity contribution in [2.24, 2.45) is 0 Å². The van der Waals surface area contributed by atoms with E-state index in [2.05, 4.69) is 10.3 Å². The molecule has 0 aliphatic heterocycles. The Morgan fingerprint density at radius 1 is 1.21 bits per heavy atom. The Kier molecular flexibility index (Phi) is 7.17. The summed E-state index contributed by atoms with van der Waals surface area (Å²) >= 11 is 0. The molecule has 2 rings (SSSR count). The number of rotatable bonds is 8. The van der Waals surface area contributed by atoms with E-state index in [1.165, 1.54) is 7.11 Å². The van der Waals surface area contributed by atoms with Gasteiger partial charge < -0.3 is 24.7 Å². The lowest BCUT2D eigenvalue weighted by atomic mass is 10.0. The molecular formula is C21H28N3O5+. The number of hydrogen-bond acceptors (Lipinski definition) is 5. The summed E-state index contributed by atoms with van der Waals surface area (Å²) in [5, 5.41) is 2.81. The molecule has 2 aromatic rings. The van der Waals surface area contributed by atoms with Gasteiger partial charge in [0, 0.05) is 17.4 Å². The molecule has 0 radical (unpaired) electrons. The normalized spacial score (nSPS) is 12.8. The highest BCUT2D eigenvalue weighted by Gasteiger charge is 2.30. The zero-order chi connectivity index (χ0) is 21.7. The molecule has 0 saturated heterocycles. The lowest BCUT2D eigenvalue weighted by Gasteiger charge is -2.20. The van der Waals surface area contributed by atoms with Crippen LogP contribution in [0, 0.1) is 13.8 Å². The highest BCUT2D eigenvalue weighted by atomic mass is 16.5. The molecule has 1 aromatic heterocycles. The molecule has 0 aliphatic rings. The Morgan fingerprint density at radius 3 is 2.52 bits per heavy atom. The second kappa shape index (κ2) is 9.38. The predicted molar refractivity (Wildman–Crippen MR) is 109 cm³/mol. The number of aromatic amines is 1. The number of quaternary nitrogens is 1. The molecule has 0 saturated carbocycles. The third kappa shape index (κ3) is 5.03. The molecule has 1 amide bonds. The standard InChI is InChI=1S/C21H27N3O5/c1-12-18(21(27)29-6)13(2)22-19(12)20(26)14(3)24(4)11-17(25)23-15-8-7-9-16(10-15)28-5/h7-10,14,22H,11H2,1-6H3,(H,23,25)/p+1/t14-/m0/s1. The van der Waals surface area contributed by atoms with Crippen LogP contribution in [-0.4, -0.2) is 56.5 Å². The fraction of sp³-hybridized carbons (Fsp3) is 0.381. The molecule has 0 bridgehead atoms. The lowest BCUT2D eigenvalue weighted by Crippen LogP contribution is -3.14. The number of likely N-dealkylation sites (N-methyl/N-ethyl adjacent to an activating group) is 1. The molecule has 0 spiro atoms. The van der Waals surface area contributed by atoms with Crippen molar-refractivity contribution in [3.05, 3.63) is 46.8 Å². The largest absolute Gasteiger partial charge is 0.497 e. The van der Waals surface area contributed by atoms with Gasteiger partial charge >= 0.3 is 5.97 Å². The molecule has 1 heterocycles. The number of hydrogen-bond donors (Lipinski definition) is 3. The number of anilines is 1. The van der Waals surface area contributed by atoms with Crippen LogP contribution >= 0.6 is 0 Å². The summed E-state index contributed by atoms with van der Waals surface area (Å²) in [6.45, 7) is 5.29. The van der Waals surface area contributed by atoms with Crippen molar-refractivity contribution in [2.45, 2.75) is 26.8 Å². The summed E-state index contributed by atoms with van der Waals surface area (Å²) in [7, 11) is 4.64. The van der Waals surface area contributed by atoms with Gasteiger partial charge in [0.2, 0.25) is 5.78 Å². The van der Waals surface area contributed by atoms with Crippen LogP contribution in [0.15, 0.2) is 24.3 Å². The van der Waals surface area contributed by atoms with Crippen molar-refractivity contribution < 1.29 is 28.8 Å². The Labute approximate surface area is 170 Å². The number of carbonyl (C=O) groups excluding carboxylic acids is 3. The third-order valence-electron chi connectivity index (χ3n) is 5.00. The molecule has 1 aromatic carbocycles. The van der Waals surface area contributed by atoms with E-state index in [1.807, 2.05) is 0 Å². The second-order valence-electron chi connectivity index (χ2n) is 7.01. The summed E-state index contributed by atoms with van der Waals surface area (Å²) < 4.78 is 9.93. The first-order chi connectivity index (χ1) is 13.7. The molecule has 156 valence electrons. The minimum atomic E-state index is -0.492. The number of carbonyl (C=O) groups is 3. The van der Waals surface area contributed by atoms with E-state index in [4.69, 9.17) is 9.47 Å². The van der Waals surface area contributed by atoms with Gasteiger partial charge in [-0.15, -0.1) is 0 Å². The molecule has 2 atom stereocenters. The zero-order valence-corrected chi connectivity index (χ0v) is 17.6. The van der Waals surface area contributed by atoms with E-state index in [9.17, 15) is 14.4 Å². The van der Waals surface area contributed by atoms with Crippen LogP contribution in [0.25, 0.3) is 0 Å². The second-order valence-corrected chi connectivity index (χ2v) is 7.01. The van der Waals surface area contributed by atoms with Crippen molar-refractivity contribution in [1.29, 1.82) is 0 Å². The molecule has 29 heavy (non-hydrogen) atoms. The van der Waals surface area contributed by atoms with Gasteiger partial charge in [0.05, 0.1) is 32.5 Å². The average Bonchev–Trinajstić information content (AvgIpc) is 3.00. The summed E-state index contributed by atoms with van der Waals surface area (Å²) in [4.78, 5) is 41.0. The van der Waals surface area contributed by atoms with Crippen LogP contribution < -0.4 is 15.0 Å². The first kappa shape index (κ1) is 22.2. The molecule has 3 N–H and O–H groups in total. The van der Waals surface area contributed by atoms with E-state index in [0.29, 0.717) is 34.0 Å². The van der Waals surface area contributed by atoms with E-state index in [-0.39, 0.29) is 18.2 Å². The predicted octanol–water partition coefficient (Wildman–Crippen LogP) is 1.15. The first-order valence-corrected chi connectivity index (χ1v) is 9.27. The van der Waals surface area contributed by atoms with E-state index < -0.39 is 12.0 Å². The molecular weight excluding hydrogens is 374 g/mol. The monoisotopic (exact) mass is 402 g/mol. The van der Waals surface area contributed by atoms with Crippen molar-refractivity contribution in [1.82, 2.24) is 4.98 Å². The smallest absolute Gasteiger partial charge is 0.339 e. The van der Waals surface area contributed by atoms with Crippen LogP contribution in [0.3, 0.4) is 0 Å². The highest BCUT2D eigenvalue weighted by molar-refractivity contribution is 6.03. The summed E-state index contributed by atoms with van der Waals surface area (Å²) in [5.41, 5.74) is 2.50. The summed E-state index contributed by atoms with van der Waals surface area (Å²) in [6, 6.07) is 6.57. The van der Waals surface area contributed by atoms with Crippen LogP contribution in [-0.2, 0) is 9.53 Å². The van der Waals surface area contributed by atoms with Crippen LogP contribution in [0.5, 0.6) is 5.75 Å². The van der Waals surface area contributed by atoms with Crippen molar-refractivity contribution in [3.63, 3.8) is 0 Å². The van der Waals surface area contributed by atoms with Crippen molar-refractivity contribution in [3.8, 4) is 5.75 Å². The zero-order valence-electron chi connectivity index (χ0n) is 17.6. The van der Waals surface area contributed by atoms with Gasteiger partial charge in [0.1, 0.15) is 5.75 Å². The van der Waals surface area contributed by atoms with Gasteiger partial charge in [-0.05, 0) is 38.5 Å². The van der Waals surface area contributed by atoms with Gasteiger partial charge in [-0.2, -0.15) is 0 Å². The number of Topliss-reactive ketones (excluding diaryl/α,β-unsaturated/α-hetero) is 1. The van der Waals surface area contributed by atoms with Crippen LogP contribution in [0.1, 0.15) is 39.0 Å². The fourth-order valence-corrected chi connectivity index (χ4v) is 3.16. The fourth-order valence-electron chi connectivity index (χ4n) is 3.16. The quantitative estimate of drug-likeness (QED) is 0.454.